The summed E-state index contributed by atoms with van der Waals surface area (Å²) < 4.78 is 32.2. The summed E-state index contributed by atoms with van der Waals surface area (Å²) in [5.74, 6) is -1.76. The van der Waals surface area contributed by atoms with E-state index in [1.165, 1.54) is 18.1 Å². The fourth-order valence-corrected chi connectivity index (χ4v) is 4.65. The summed E-state index contributed by atoms with van der Waals surface area (Å²) in [4.78, 5) is 42.5. The topological polar surface area (TPSA) is 79.0 Å². The predicted octanol–water partition coefficient (Wildman–Crippen LogP) is 2.89. The van der Waals surface area contributed by atoms with Gasteiger partial charge in [-0.3, -0.25) is 14.4 Å². The maximum atomic E-state index is 13.9. The molecule has 34 heavy (non-hydrogen) atoms. The summed E-state index contributed by atoms with van der Waals surface area (Å²) in [6.45, 7) is 0.772. The number of carbonyl (C=O) groups excluding carboxylic acids is 3. The van der Waals surface area contributed by atoms with Crippen molar-refractivity contribution in [3.05, 3.63) is 65.2 Å². The van der Waals surface area contributed by atoms with Crippen LogP contribution in [0.5, 0.6) is 5.75 Å². The van der Waals surface area contributed by atoms with Crippen LogP contribution < -0.4 is 10.1 Å². The number of hydrogen-bond donors (Lipinski definition) is 1. The molecule has 4 rings (SSSR count). The first-order valence-electron chi connectivity index (χ1n) is 11.4. The number of methoxy groups -OCH3 is 1. The number of nitrogens with zero attached hydrogens (tertiary/aromatic N) is 2. The highest BCUT2D eigenvalue weighted by atomic mass is 19.1. The molecule has 2 saturated heterocycles. The van der Waals surface area contributed by atoms with Gasteiger partial charge < -0.3 is 19.9 Å². The lowest BCUT2D eigenvalue weighted by molar-refractivity contribution is -0.141. The molecular weight excluding hydrogens is 444 g/mol. The van der Waals surface area contributed by atoms with Crippen molar-refractivity contribution in [2.24, 2.45) is 0 Å². The highest BCUT2D eigenvalue weighted by Gasteiger charge is 2.42. The van der Waals surface area contributed by atoms with Crippen LogP contribution in [0.15, 0.2) is 42.5 Å². The molecule has 0 aliphatic carbocycles. The number of nitrogens with one attached hydrogen (secondary N) is 1. The molecule has 9 heteroatoms. The minimum atomic E-state index is -0.739. The van der Waals surface area contributed by atoms with E-state index >= 15 is 0 Å². The maximum Gasteiger partial charge on any atom is 0.254 e. The van der Waals surface area contributed by atoms with Crippen LogP contribution in [0.3, 0.4) is 0 Å². The summed E-state index contributed by atoms with van der Waals surface area (Å²) >= 11 is 0. The summed E-state index contributed by atoms with van der Waals surface area (Å²) in [5.41, 5.74) is 0.604. The molecule has 2 aliphatic rings. The zero-order valence-electron chi connectivity index (χ0n) is 18.9. The number of benzene rings is 2. The number of ether oxygens (including phenoxy) is 1. The molecule has 1 N–H and O–H groups in total. The van der Waals surface area contributed by atoms with E-state index in [0.29, 0.717) is 50.1 Å². The van der Waals surface area contributed by atoms with E-state index in [9.17, 15) is 23.2 Å². The maximum absolute atomic E-state index is 13.9. The smallest absolute Gasteiger partial charge is 0.254 e. The van der Waals surface area contributed by atoms with E-state index in [2.05, 4.69) is 5.32 Å². The van der Waals surface area contributed by atoms with Gasteiger partial charge in [0.2, 0.25) is 11.8 Å². The molecule has 0 saturated carbocycles. The minimum absolute atomic E-state index is 0.104. The first kappa shape index (κ1) is 23.7. The van der Waals surface area contributed by atoms with Crippen molar-refractivity contribution in [3.63, 3.8) is 0 Å². The third-order valence-electron chi connectivity index (χ3n) is 6.42. The largest absolute Gasteiger partial charge is 0.497 e. The number of halogens is 2. The molecule has 0 aromatic heterocycles. The lowest BCUT2D eigenvalue weighted by Gasteiger charge is -2.31. The molecule has 2 heterocycles. The van der Waals surface area contributed by atoms with Crippen molar-refractivity contribution in [1.82, 2.24) is 15.1 Å². The molecule has 0 radical (unpaired) electrons. The van der Waals surface area contributed by atoms with Gasteiger partial charge >= 0.3 is 0 Å². The quantitative estimate of drug-likeness (QED) is 0.703. The molecule has 2 fully saturated rings. The molecule has 3 amide bonds. The number of amides is 3. The van der Waals surface area contributed by atoms with Gasteiger partial charge in [0.15, 0.2) is 0 Å². The molecule has 2 aromatic carbocycles. The number of rotatable bonds is 6. The number of carbonyl (C=O) groups is 3. The highest BCUT2D eigenvalue weighted by Crippen LogP contribution is 2.27. The molecular formula is C25H27F2N3O4. The second kappa shape index (κ2) is 10.2. The Balaban J connectivity index is 1.43. The van der Waals surface area contributed by atoms with Gasteiger partial charge in [0.05, 0.1) is 7.11 Å². The fourth-order valence-electron chi connectivity index (χ4n) is 4.65. The van der Waals surface area contributed by atoms with E-state index in [-0.39, 0.29) is 23.9 Å². The average molecular weight is 472 g/mol. The summed E-state index contributed by atoms with van der Waals surface area (Å²) in [6, 6.07) is 8.65. The lowest BCUT2D eigenvalue weighted by atomic mass is 10.1. The van der Waals surface area contributed by atoms with E-state index in [1.54, 1.807) is 29.2 Å². The van der Waals surface area contributed by atoms with Gasteiger partial charge in [0.25, 0.3) is 5.91 Å². The number of likely N-dealkylation sites (tertiary alicyclic amines) is 2. The van der Waals surface area contributed by atoms with Crippen LogP contribution in [0.2, 0.25) is 0 Å². The third kappa shape index (κ3) is 4.88. The van der Waals surface area contributed by atoms with E-state index in [0.717, 1.165) is 12.1 Å². The molecule has 2 aliphatic heterocycles. The van der Waals surface area contributed by atoms with Gasteiger partial charge in [0, 0.05) is 36.8 Å². The zero-order chi connectivity index (χ0) is 24.2. The van der Waals surface area contributed by atoms with E-state index in [4.69, 9.17) is 4.74 Å². The van der Waals surface area contributed by atoms with Gasteiger partial charge in [-0.05, 0) is 49.9 Å². The van der Waals surface area contributed by atoms with Crippen LogP contribution in [0, 0.1) is 11.6 Å². The molecule has 0 bridgehead atoms. The van der Waals surface area contributed by atoms with Gasteiger partial charge in [-0.25, -0.2) is 8.78 Å². The summed E-state index contributed by atoms with van der Waals surface area (Å²) in [6.07, 6.45) is 2.37. The average Bonchev–Trinajstić information content (AvgIpc) is 3.52. The van der Waals surface area contributed by atoms with E-state index in [1.807, 2.05) is 0 Å². The summed E-state index contributed by atoms with van der Waals surface area (Å²) in [7, 11) is 1.52. The van der Waals surface area contributed by atoms with Crippen molar-refractivity contribution in [2.45, 2.75) is 44.3 Å². The third-order valence-corrected chi connectivity index (χ3v) is 6.42. The van der Waals surface area contributed by atoms with E-state index < -0.39 is 29.6 Å². The van der Waals surface area contributed by atoms with Crippen LogP contribution in [-0.4, -0.2) is 59.8 Å². The van der Waals surface area contributed by atoms with Crippen LogP contribution in [0.25, 0.3) is 0 Å². The molecule has 0 unspecified atom stereocenters. The fraction of sp³-hybridized carbons (Fsp3) is 0.400. The minimum Gasteiger partial charge on any atom is -0.497 e. The van der Waals surface area contributed by atoms with Crippen molar-refractivity contribution in [2.75, 3.05) is 20.2 Å². The normalized spacial score (nSPS) is 19.9. The molecule has 2 aromatic rings. The Bertz CT molecular complexity index is 1090. The van der Waals surface area contributed by atoms with Crippen molar-refractivity contribution < 1.29 is 27.9 Å². The van der Waals surface area contributed by atoms with Gasteiger partial charge in [-0.1, -0.05) is 12.1 Å². The predicted molar refractivity (Wildman–Crippen MR) is 120 cm³/mol. The van der Waals surface area contributed by atoms with Gasteiger partial charge in [-0.15, -0.1) is 0 Å². The molecule has 2 atom stereocenters. The lowest BCUT2D eigenvalue weighted by Crippen LogP contribution is -2.52. The summed E-state index contributed by atoms with van der Waals surface area (Å²) in [5, 5.41) is 2.66. The molecule has 180 valence electrons. The standard InChI is InChI=1S/C25H27F2N3O4/c1-34-19-6-2-5-16(13-19)24(32)30-12-4-8-22(30)25(33)29-11-3-7-21(29)23(31)28-15-17-9-10-18(26)14-20(17)27/h2,5-6,9-10,13-14,21-22H,3-4,7-8,11-12,15H2,1H3,(H,28,31)/t21-,22-/m0/s1. The second-order valence-electron chi connectivity index (χ2n) is 8.53. The Morgan fingerprint density at radius 2 is 1.74 bits per heavy atom. The highest BCUT2D eigenvalue weighted by molar-refractivity contribution is 5.99. The molecule has 0 spiro atoms. The van der Waals surface area contributed by atoms with Crippen molar-refractivity contribution in [3.8, 4) is 5.75 Å². The van der Waals surface area contributed by atoms with Crippen LogP contribution in [0.1, 0.15) is 41.6 Å². The first-order chi connectivity index (χ1) is 16.4. The van der Waals surface area contributed by atoms with Crippen LogP contribution in [0.4, 0.5) is 8.78 Å². The van der Waals surface area contributed by atoms with Crippen LogP contribution >= 0.6 is 0 Å². The Labute approximate surface area is 196 Å². The van der Waals surface area contributed by atoms with Crippen molar-refractivity contribution in [1.29, 1.82) is 0 Å². The molecule has 7 nitrogen and oxygen atoms in total. The Kier molecular flexibility index (Phi) is 7.09. The van der Waals surface area contributed by atoms with Crippen LogP contribution in [-0.2, 0) is 16.1 Å². The van der Waals surface area contributed by atoms with Gasteiger partial charge in [0.1, 0.15) is 29.5 Å². The van der Waals surface area contributed by atoms with Gasteiger partial charge in [-0.2, -0.15) is 0 Å². The number of hydrogen-bond acceptors (Lipinski definition) is 4. The zero-order valence-corrected chi connectivity index (χ0v) is 18.9. The monoisotopic (exact) mass is 471 g/mol. The second-order valence-corrected chi connectivity index (χ2v) is 8.53. The Morgan fingerprint density at radius 3 is 2.47 bits per heavy atom. The Morgan fingerprint density at radius 1 is 1.00 bits per heavy atom. The Hall–Kier alpha value is -3.49. The van der Waals surface area contributed by atoms with Crippen molar-refractivity contribution >= 4 is 17.7 Å². The first-order valence-corrected chi connectivity index (χ1v) is 11.4. The SMILES string of the molecule is COc1cccc(C(=O)N2CCC[C@H]2C(=O)N2CCC[C@H]2C(=O)NCc2ccc(F)cc2F)c1.